The van der Waals surface area contributed by atoms with Gasteiger partial charge in [0.2, 0.25) is 11.4 Å². The molecule has 2 N–H and O–H groups in total. The number of aromatic nitrogens is 3. The van der Waals surface area contributed by atoms with Gasteiger partial charge in [0.05, 0.1) is 5.39 Å². The smallest absolute Gasteiger partial charge is 0.341 e. The van der Waals surface area contributed by atoms with Gasteiger partial charge in [-0.2, -0.15) is 4.98 Å². The molecule has 0 amide bonds. The molecule has 3 aliphatic rings. The van der Waals surface area contributed by atoms with Crippen LogP contribution < -0.4 is 15.5 Å². The molecule has 7 rings (SSSR count). The number of hydrogen-bond donors (Lipinski definition) is 2. The number of piperidine rings is 3. The molecule has 0 aliphatic carbocycles. The van der Waals surface area contributed by atoms with Crippen molar-refractivity contribution < 1.29 is 14.6 Å². The van der Waals surface area contributed by atoms with Crippen molar-refractivity contribution in [1.29, 1.82) is 0 Å². The Kier molecular flexibility index (Phi) is 6.29. The van der Waals surface area contributed by atoms with E-state index < -0.39 is 11.4 Å². The van der Waals surface area contributed by atoms with Crippen LogP contribution >= 0.6 is 0 Å². The molecule has 0 saturated carbocycles. The minimum absolute atomic E-state index is 0.134. The molecule has 194 valence electrons. The number of fused-ring (bicyclic) bond motifs is 4. The van der Waals surface area contributed by atoms with E-state index >= 15 is 0 Å². The Bertz CT molecular complexity index is 1560. The second kappa shape index (κ2) is 9.90. The fourth-order valence-corrected chi connectivity index (χ4v) is 5.41. The highest BCUT2D eigenvalue weighted by molar-refractivity contribution is 5.92. The van der Waals surface area contributed by atoms with Gasteiger partial charge >= 0.3 is 5.97 Å². The van der Waals surface area contributed by atoms with Crippen LogP contribution in [0.2, 0.25) is 0 Å². The van der Waals surface area contributed by atoms with Gasteiger partial charge in [0, 0.05) is 36.4 Å². The molecule has 2 aromatic carbocycles. The van der Waals surface area contributed by atoms with Crippen LogP contribution in [0.25, 0.3) is 16.7 Å². The average Bonchev–Trinajstić information content (AvgIpc) is 2.94. The number of nitrogens with one attached hydrogen (secondary N) is 1. The van der Waals surface area contributed by atoms with E-state index in [4.69, 9.17) is 4.74 Å². The van der Waals surface area contributed by atoms with Gasteiger partial charge in [0.1, 0.15) is 17.4 Å². The van der Waals surface area contributed by atoms with Gasteiger partial charge in [-0.15, -0.1) is 0 Å². The van der Waals surface area contributed by atoms with Crippen molar-refractivity contribution in [3.05, 3.63) is 82.3 Å². The molecule has 0 radical (unpaired) electrons. The zero-order valence-electron chi connectivity index (χ0n) is 21.1. The summed E-state index contributed by atoms with van der Waals surface area (Å²) < 4.78 is 7.99. The number of aromatic carboxylic acids is 1. The summed E-state index contributed by atoms with van der Waals surface area (Å²) in [5.41, 5.74) is 1.97. The second-order valence-corrected chi connectivity index (χ2v) is 9.95. The van der Waals surface area contributed by atoms with E-state index in [1.807, 2.05) is 48.5 Å². The number of carboxylic acid groups (broad SMARTS) is 1. The van der Waals surface area contributed by atoms with Gasteiger partial charge in [-0.1, -0.05) is 25.1 Å². The van der Waals surface area contributed by atoms with E-state index in [0.29, 0.717) is 23.2 Å². The van der Waals surface area contributed by atoms with Crippen molar-refractivity contribution >= 4 is 28.6 Å². The van der Waals surface area contributed by atoms with Crippen LogP contribution in [0.4, 0.5) is 11.6 Å². The second-order valence-electron chi connectivity index (χ2n) is 9.95. The van der Waals surface area contributed by atoms with Crippen LogP contribution in [0, 0.1) is 5.92 Å². The first-order valence-corrected chi connectivity index (χ1v) is 13.0. The first-order chi connectivity index (χ1) is 18.5. The van der Waals surface area contributed by atoms with Crippen LogP contribution in [0.3, 0.4) is 0 Å². The van der Waals surface area contributed by atoms with Crippen LogP contribution in [-0.2, 0) is 6.42 Å². The van der Waals surface area contributed by atoms with E-state index in [1.165, 1.54) is 25.2 Å². The highest BCUT2D eigenvalue weighted by atomic mass is 16.5. The van der Waals surface area contributed by atoms with E-state index in [2.05, 4.69) is 27.1 Å². The predicted octanol–water partition coefficient (Wildman–Crippen LogP) is 4.26. The van der Waals surface area contributed by atoms with Crippen molar-refractivity contribution in [3.63, 3.8) is 0 Å². The molecule has 1 unspecified atom stereocenters. The van der Waals surface area contributed by atoms with Gasteiger partial charge < -0.3 is 19.7 Å². The maximum Gasteiger partial charge on any atom is 0.341 e. The summed E-state index contributed by atoms with van der Waals surface area (Å²) >= 11 is 0. The number of aryl methyl sites for hydroxylation is 1. The minimum atomic E-state index is -1.29. The highest BCUT2D eigenvalue weighted by Crippen LogP contribution is 2.31. The van der Waals surface area contributed by atoms with Gasteiger partial charge in [0.15, 0.2) is 5.65 Å². The average molecular weight is 512 g/mol. The topological polar surface area (TPSA) is 110 Å². The number of ether oxygens (including phenoxy) is 1. The molecule has 1 atom stereocenters. The Balaban J connectivity index is 1.33. The molecule has 4 aromatic rings. The molecule has 9 nitrogen and oxygen atoms in total. The lowest BCUT2D eigenvalue weighted by Crippen LogP contribution is -2.52. The van der Waals surface area contributed by atoms with E-state index in [-0.39, 0.29) is 17.1 Å². The van der Waals surface area contributed by atoms with Gasteiger partial charge in [-0.25, -0.2) is 9.78 Å². The molecule has 38 heavy (non-hydrogen) atoms. The molecule has 5 heterocycles. The summed E-state index contributed by atoms with van der Waals surface area (Å²) in [6, 6.07) is 15.4. The van der Waals surface area contributed by atoms with E-state index in [0.717, 1.165) is 43.1 Å². The largest absolute Gasteiger partial charge is 0.489 e. The summed E-state index contributed by atoms with van der Waals surface area (Å²) in [5, 5.41) is 13.0. The number of carboxylic acids is 1. The van der Waals surface area contributed by atoms with E-state index in [9.17, 15) is 14.7 Å². The molecule has 9 heteroatoms. The quantitative estimate of drug-likeness (QED) is 0.379. The monoisotopic (exact) mass is 511 g/mol. The zero-order valence-corrected chi connectivity index (χ0v) is 21.1. The highest BCUT2D eigenvalue weighted by Gasteiger charge is 2.35. The predicted molar refractivity (Wildman–Crippen MR) is 145 cm³/mol. The lowest BCUT2D eigenvalue weighted by molar-refractivity contribution is -0.00772. The lowest BCUT2D eigenvalue weighted by Gasteiger charge is -2.44. The summed E-state index contributed by atoms with van der Waals surface area (Å²) in [6.45, 7) is 5.35. The molecule has 2 aromatic heterocycles. The SMILES string of the molecule is CCc1ccc(-n2cc(C(=O)O)c(=O)c3cnc(Nc4cccc(OC5CN6CCC5CC6)c4)nc32)cc1. The zero-order chi connectivity index (χ0) is 26.2. The Labute approximate surface area is 219 Å². The Hall–Kier alpha value is -4.24. The molecule has 3 fully saturated rings. The number of rotatable bonds is 7. The first-order valence-electron chi connectivity index (χ1n) is 13.0. The van der Waals surface area contributed by atoms with Gasteiger partial charge in [0.25, 0.3) is 0 Å². The Morgan fingerprint density at radius 2 is 1.95 bits per heavy atom. The molecule has 3 saturated heterocycles. The first kappa shape index (κ1) is 24.1. The molecular formula is C29H29N5O4. The van der Waals surface area contributed by atoms with Crippen molar-refractivity contribution in [3.8, 4) is 11.4 Å². The number of anilines is 2. The molecule has 2 bridgehead atoms. The third-order valence-corrected chi connectivity index (χ3v) is 7.57. The summed E-state index contributed by atoms with van der Waals surface area (Å²) in [6.07, 6.45) is 6.14. The van der Waals surface area contributed by atoms with Crippen molar-refractivity contribution in [2.45, 2.75) is 32.3 Å². The third-order valence-electron chi connectivity index (χ3n) is 7.57. The van der Waals surface area contributed by atoms with Crippen molar-refractivity contribution in [2.24, 2.45) is 5.92 Å². The number of benzene rings is 2. The molecule has 3 aliphatic heterocycles. The van der Waals surface area contributed by atoms with Crippen LogP contribution in [0.5, 0.6) is 5.75 Å². The van der Waals surface area contributed by atoms with Gasteiger partial charge in [-0.3, -0.25) is 9.69 Å². The van der Waals surface area contributed by atoms with Crippen LogP contribution in [0.15, 0.2) is 65.7 Å². The Morgan fingerprint density at radius 3 is 2.63 bits per heavy atom. The van der Waals surface area contributed by atoms with Crippen LogP contribution in [-0.4, -0.2) is 56.2 Å². The van der Waals surface area contributed by atoms with Crippen molar-refractivity contribution in [2.75, 3.05) is 25.0 Å². The van der Waals surface area contributed by atoms with Crippen molar-refractivity contribution in [1.82, 2.24) is 19.4 Å². The third kappa shape index (κ3) is 4.61. The summed E-state index contributed by atoms with van der Waals surface area (Å²) in [4.78, 5) is 36.1. The van der Waals surface area contributed by atoms with Gasteiger partial charge in [-0.05, 0) is 68.1 Å². The minimum Gasteiger partial charge on any atom is -0.489 e. The number of pyridine rings is 1. The number of carbonyl (C=O) groups is 1. The lowest BCUT2D eigenvalue weighted by atomic mass is 9.86. The number of hydrogen-bond acceptors (Lipinski definition) is 7. The molecule has 0 spiro atoms. The standard InChI is InChI=1S/C29H29N5O4/c1-2-18-6-8-21(9-7-18)34-16-24(28(36)37)26(35)23-15-30-29(32-27(23)34)31-20-4-3-5-22(14-20)38-25-17-33-12-10-19(25)11-13-33/h3-9,14-16,19,25H,2,10-13,17H2,1H3,(H,36,37)(H,30,31,32). The maximum atomic E-state index is 12.9. The van der Waals surface area contributed by atoms with Crippen LogP contribution in [0.1, 0.15) is 35.7 Å². The number of nitrogens with zero attached hydrogens (tertiary/aromatic N) is 4. The fraction of sp³-hybridized carbons (Fsp3) is 0.310. The maximum absolute atomic E-state index is 12.9. The summed E-state index contributed by atoms with van der Waals surface area (Å²) in [5.74, 6) is 0.379. The van der Waals surface area contributed by atoms with E-state index in [1.54, 1.807) is 4.57 Å². The Morgan fingerprint density at radius 1 is 1.16 bits per heavy atom. The fourth-order valence-electron chi connectivity index (χ4n) is 5.41. The summed E-state index contributed by atoms with van der Waals surface area (Å²) in [7, 11) is 0. The normalized spacial score (nSPS) is 20.4. The molecular weight excluding hydrogens is 482 g/mol.